The molecule has 0 radical (unpaired) electrons. The van der Waals surface area contributed by atoms with E-state index in [1.807, 2.05) is 13.0 Å². The zero-order valence-corrected chi connectivity index (χ0v) is 12.7. The van der Waals surface area contributed by atoms with Crippen LogP contribution >= 0.6 is 11.8 Å². The fraction of sp³-hybridized carbons (Fsp3) is 0.235. The van der Waals surface area contributed by atoms with Crippen LogP contribution < -0.4 is 5.32 Å². The Kier molecular flexibility index (Phi) is 4.25. The predicted octanol–water partition coefficient (Wildman–Crippen LogP) is 4.26. The molecule has 1 N–H and O–H groups in total. The van der Waals surface area contributed by atoms with Crippen molar-refractivity contribution in [2.24, 2.45) is 4.99 Å². The van der Waals surface area contributed by atoms with Gasteiger partial charge in [-0.25, -0.2) is 4.39 Å². The smallest absolute Gasteiger partial charge is 0.161 e. The van der Waals surface area contributed by atoms with Gasteiger partial charge in [0.25, 0.3) is 0 Å². The number of benzene rings is 2. The molecule has 21 heavy (non-hydrogen) atoms. The van der Waals surface area contributed by atoms with Crippen molar-refractivity contribution in [2.75, 3.05) is 11.1 Å². The van der Waals surface area contributed by atoms with Crippen molar-refractivity contribution in [2.45, 2.75) is 19.4 Å². The Morgan fingerprint density at radius 2 is 2.05 bits per heavy atom. The second kappa shape index (κ2) is 6.31. The Balaban J connectivity index is 1.66. The lowest BCUT2D eigenvalue weighted by Crippen LogP contribution is -2.09. The van der Waals surface area contributed by atoms with E-state index in [1.165, 1.54) is 17.7 Å². The summed E-state index contributed by atoms with van der Waals surface area (Å²) < 4.78 is 13.1. The average molecular weight is 300 g/mol. The van der Waals surface area contributed by atoms with E-state index in [0.717, 1.165) is 28.6 Å². The fourth-order valence-corrected chi connectivity index (χ4v) is 3.31. The molecule has 2 aromatic carbocycles. The Morgan fingerprint density at radius 1 is 1.24 bits per heavy atom. The minimum Gasteiger partial charge on any atom is -0.335 e. The summed E-state index contributed by atoms with van der Waals surface area (Å²) in [7, 11) is 0. The van der Waals surface area contributed by atoms with Crippen molar-refractivity contribution in [1.29, 1.82) is 0 Å². The van der Waals surface area contributed by atoms with Crippen LogP contribution in [0.4, 0.5) is 10.1 Å². The molecule has 1 unspecified atom stereocenters. The highest BCUT2D eigenvalue weighted by atomic mass is 32.2. The summed E-state index contributed by atoms with van der Waals surface area (Å²) in [5.41, 5.74) is 3.12. The predicted molar refractivity (Wildman–Crippen MR) is 88.6 cm³/mol. The van der Waals surface area contributed by atoms with Crippen molar-refractivity contribution in [3.05, 3.63) is 65.5 Å². The number of hydrogen-bond acceptors (Lipinski definition) is 3. The van der Waals surface area contributed by atoms with Crippen molar-refractivity contribution in [3.63, 3.8) is 0 Å². The molecular weight excluding hydrogens is 283 g/mol. The highest BCUT2D eigenvalue weighted by Gasteiger charge is 2.19. The molecule has 1 aliphatic rings. The van der Waals surface area contributed by atoms with Crippen LogP contribution in [0, 0.1) is 12.7 Å². The molecule has 0 saturated carbocycles. The van der Waals surface area contributed by atoms with Crippen LogP contribution in [0.15, 0.2) is 53.5 Å². The summed E-state index contributed by atoms with van der Waals surface area (Å²) in [6, 6.07) is 15.5. The Morgan fingerprint density at radius 3 is 2.81 bits per heavy atom. The Bertz CT molecular complexity index is 655. The molecule has 2 nitrogen and oxygen atoms in total. The molecule has 0 bridgehead atoms. The minimum absolute atomic E-state index is 0.207. The molecule has 0 fully saturated rings. The first-order valence-electron chi connectivity index (χ1n) is 6.98. The van der Waals surface area contributed by atoms with E-state index >= 15 is 0 Å². The third-order valence-corrected chi connectivity index (χ3v) is 4.49. The van der Waals surface area contributed by atoms with Crippen molar-refractivity contribution in [1.82, 2.24) is 0 Å². The molecule has 0 saturated heterocycles. The molecular formula is C17H17FN2S. The molecule has 3 rings (SSSR count). The normalized spacial score (nSPS) is 17.6. The van der Waals surface area contributed by atoms with E-state index in [2.05, 4.69) is 29.6 Å². The summed E-state index contributed by atoms with van der Waals surface area (Å²) in [6.45, 7) is 1.90. The number of rotatable bonds is 3. The number of nitrogens with one attached hydrogen (secondary N) is 1. The monoisotopic (exact) mass is 300 g/mol. The summed E-state index contributed by atoms with van der Waals surface area (Å²) >= 11 is 1.72. The number of thioether (sulfide) groups is 1. The second-order valence-electron chi connectivity index (χ2n) is 5.17. The Hall–Kier alpha value is -1.81. The molecule has 1 heterocycles. The van der Waals surface area contributed by atoms with Crippen LogP contribution in [0.1, 0.15) is 11.1 Å². The zero-order valence-electron chi connectivity index (χ0n) is 11.8. The molecule has 1 atom stereocenters. The maximum absolute atomic E-state index is 13.1. The van der Waals surface area contributed by atoms with Crippen LogP contribution in [0.2, 0.25) is 0 Å². The van der Waals surface area contributed by atoms with Crippen LogP contribution in [-0.4, -0.2) is 17.0 Å². The molecule has 1 aliphatic heterocycles. The van der Waals surface area contributed by atoms with E-state index in [9.17, 15) is 4.39 Å². The maximum atomic E-state index is 13.1. The summed E-state index contributed by atoms with van der Waals surface area (Å²) in [5.74, 6) is 0.776. The molecule has 2 aromatic rings. The van der Waals surface area contributed by atoms with Gasteiger partial charge in [-0.2, -0.15) is 0 Å². The van der Waals surface area contributed by atoms with Crippen molar-refractivity contribution >= 4 is 22.6 Å². The van der Waals surface area contributed by atoms with Gasteiger partial charge in [-0.15, -0.1) is 0 Å². The van der Waals surface area contributed by atoms with Gasteiger partial charge >= 0.3 is 0 Å². The van der Waals surface area contributed by atoms with Crippen LogP contribution in [-0.2, 0) is 6.42 Å². The number of halogens is 1. The molecule has 0 aromatic heterocycles. The summed E-state index contributed by atoms with van der Waals surface area (Å²) in [6.07, 6.45) is 0.960. The topological polar surface area (TPSA) is 24.4 Å². The van der Waals surface area contributed by atoms with Crippen LogP contribution in [0.5, 0.6) is 0 Å². The first-order valence-corrected chi connectivity index (χ1v) is 7.97. The van der Waals surface area contributed by atoms with E-state index in [1.54, 1.807) is 17.8 Å². The third kappa shape index (κ3) is 3.64. The highest BCUT2D eigenvalue weighted by Crippen LogP contribution is 2.24. The minimum atomic E-state index is -0.207. The number of aryl methyl sites for hydroxylation is 1. The number of amidine groups is 1. The standard InChI is InChI=1S/C17H17FN2S/c1-12-9-14(18)7-8-16(12)20-17-19-15(11-21-17)10-13-5-3-2-4-6-13/h2-9,15H,10-11H2,1H3,(H,19,20). The van der Waals surface area contributed by atoms with Gasteiger partial charge in [0.05, 0.1) is 6.04 Å². The van der Waals surface area contributed by atoms with Gasteiger partial charge in [-0.3, -0.25) is 4.99 Å². The third-order valence-electron chi connectivity index (χ3n) is 3.46. The maximum Gasteiger partial charge on any atom is 0.161 e. The fourth-order valence-electron chi connectivity index (χ4n) is 2.36. The lowest BCUT2D eigenvalue weighted by atomic mass is 10.1. The zero-order chi connectivity index (χ0) is 14.7. The van der Waals surface area contributed by atoms with Gasteiger partial charge in [0.2, 0.25) is 0 Å². The average Bonchev–Trinajstić information content (AvgIpc) is 2.90. The number of aliphatic imine (C=N–C) groups is 1. The first-order chi connectivity index (χ1) is 10.2. The summed E-state index contributed by atoms with van der Waals surface area (Å²) in [5, 5.41) is 4.22. The van der Waals surface area contributed by atoms with Gasteiger partial charge < -0.3 is 5.32 Å². The van der Waals surface area contributed by atoms with E-state index < -0.39 is 0 Å². The van der Waals surface area contributed by atoms with Gasteiger partial charge in [-0.1, -0.05) is 42.1 Å². The van der Waals surface area contributed by atoms with Crippen molar-refractivity contribution < 1.29 is 4.39 Å². The lowest BCUT2D eigenvalue weighted by molar-refractivity contribution is 0.627. The molecule has 4 heteroatoms. The van der Waals surface area contributed by atoms with Crippen molar-refractivity contribution in [3.8, 4) is 0 Å². The molecule has 108 valence electrons. The van der Waals surface area contributed by atoms with E-state index in [0.29, 0.717) is 6.04 Å². The molecule has 0 aliphatic carbocycles. The number of hydrogen-bond donors (Lipinski definition) is 1. The Labute approximate surface area is 128 Å². The van der Waals surface area contributed by atoms with Gasteiger partial charge in [0.15, 0.2) is 5.17 Å². The number of nitrogens with zero attached hydrogens (tertiary/aromatic N) is 1. The van der Waals surface area contributed by atoms with E-state index in [-0.39, 0.29) is 5.82 Å². The lowest BCUT2D eigenvalue weighted by Gasteiger charge is -2.08. The quantitative estimate of drug-likeness (QED) is 0.916. The SMILES string of the molecule is Cc1cc(F)ccc1NC1=NC(Cc2ccccc2)CS1. The summed E-state index contributed by atoms with van der Waals surface area (Å²) in [4.78, 5) is 4.72. The molecule has 0 spiro atoms. The van der Waals surface area contributed by atoms with Crippen LogP contribution in [0.3, 0.4) is 0 Å². The highest BCUT2D eigenvalue weighted by molar-refractivity contribution is 8.14. The van der Waals surface area contributed by atoms with Gasteiger partial charge in [0.1, 0.15) is 5.82 Å². The van der Waals surface area contributed by atoms with E-state index in [4.69, 9.17) is 4.99 Å². The van der Waals surface area contributed by atoms with Crippen LogP contribution in [0.25, 0.3) is 0 Å². The first kappa shape index (κ1) is 14.1. The van der Waals surface area contributed by atoms with Gasteiger partial charge in [0, 0.05) is 11.4 Å². The second-order valence-corrected chi connectivity index (χ2v) is 6.18. The molecule has 0 amide bonds. The van der Waals surface area contributed by atoms with Gasteiger partial charge in [-0.05, 0) is 42.7 Å². The number of anilines is 1. The largest absolute Gasteiger partial charge is 0.335 e.